The maximum absolute atomic E-state index is 6.24. The molecule has 2 unspecified atom stereocenters. The number of rotatable bonds is 12. The first-order chi connectivity index (χ1) is 14.1. The molecule has 2 heterocycles. The first-order valence-corrected chi connectivity index (χ1v) is 11.6. The summed E-state index contributed by atoms with van der Waals surface area (Å²) < 4.78 is 18.6. The first-order valence-electron chi connectivity index (χ1n) is 11.6. The molecule has 166 valence electrons. The van der Waals surface area contributed by atoms with E-state index in [0.717, 1.165) is 24.6 Å². The van der Waals surface area contributed by atoms with E-state index in [4.69, 9.17) is 14.2 Å². The van der Waals surface area contributed by atoms with Crippen LogP contribution < -0.4 is 9.47 Å². The summed E-state index contributed by atoms with van der Waals surface area (Å²) in [4.78, 5) is 4.54. The standard InChI is InChI=1S/C24H42N2O3/c1-5-7-9-11-17-25(3)23-19-27-20-24(26(4)18-12-10-8-6-2)29-22-15-13-21(28-23)14-16-22/h13-16,23-24H,5-12,17-20H2,1-4H3. The monoisotopic (exact) mass is 406 g/mol. The van der Waals surface area contributed by atoms with Crippen LogP contribution in [0, 0.1) is 0 Å². The molecule has 5 heteroatoms. The van der Waals surface area contributed by atoms with Crippen molar-refractivity contribution in [3.8, 4) is 11.5 Å². The highest BCUT2D eigenvalue weighted by Gasteiger charge is 2.22. The summed E-state index contributed by atoms with van der Waals surface area (Å²) in [7, 11) is 4.25. The predicted octanol–water partition coefficient (Wildman–Crippen LogP) is 5.15. The molecule has 0 N–H and O–H groups in total. The Bertz CT molecular complexity index is 490. The van der Waals surface area contributed by atoms with Gasteiger partial charge in [-0.2, -0.15) is 0 Å². The minimum Gasteiger partial charge on any atom is -0.473 e. The van der Waals surface area contributed by atoms with Crippen LogP contribution in [0.25, 0.3) is 0 Å². The largest absolute Gasteiger partial charge is 0.473 e. The number of hydrogen-bond acceptors (Lipinski definition) is 5. The van der Waals surface area contributed by atoms with Gasteiger partial charge >= 0.3 is 0 Å². The van der Waals surface area contributed by atoms with Crippen molar-refractivity contribution in [1.82, 2.24) is 9.80 Å². The summed E-state index contributed by atoms with van der Waals surface area (Å²) in [6, 6.07) is 7.99. The number of hydrogen-bond donors (Lipinski definition) is 0. The Labute approximate surface area is 178 Å². The van der Waals surface area contributed by atoms with Gasteiger partial charge in [0.25, 0.3) is 0 Å². The van der Waals surface area contributed by atoms with Crippen LogP contribution in [-0.2, 0) is 4.74 Å². The van der Waals surface area contributed by atoms with E-state index in [1.807, 2.05) is 24.3 Å². The number of benzene rings is 1. The fourth-order valence-electron chi connectivity index (χ4n) is 3.55. The van der Waals surface area contributed by atoms with Crippen LogP contribution >= 0.6 is 0 Å². The SMILES string of the molecule is CCCCCCN(C)C1COCC(N(C)CCCCCC)Oc2ccc(cc2)O1. The molecule has 0 saturated carbocycles. The summed E-state index contributed by atoms with van der Waals surface area (Å²) >= 11 is 0. The lowest BCUT2D eigenvalue weighted by Gasteiger charge is -2.30. The van der Waals surface area contributed by atoms with Crippen LogP contribution in [0.15, 0.2) is 24.3 Å². The van der Waals surface area contributed by atoms with E-state index >= 15 is 0 Å². The number of ether oxygens (including phenoxy) is 3. The molecular weight excluding hydrogens is 364 g/mol. The van der Waals surface area contributed by atoms with E-state index < -0.39 is 0 Å². The lowest BCUT2D eigenvalue weighted by molar-refractivity contribution is -0.0741. The third kappa shape index (κ3) is 8.93. The van der Waals surface area contributed by atoms with Crippen molar-refractivity contribution < 1.29 is 14.2 Å². The zero-order valence-corrected chi connectivity index (χ0v) is 19.1. The van der Waals surface area contributed by atoms with Gasteiger partial charge in [-0.05, 0) is 51.2 Å². The number of fused-ring (bicyclic) bond motifs is 8. The van der Waals surface area contributed by atoms with Gasteiger partial charge in [0.2, 0.25) is 0 Å². The predicted molar refractivity (Wildman–Crippen MR) is 120 cm³/mol. The van der Waals surface area contributed by atoms with Crippen LogP contribution in [0.4, 0.5) is 0 Å². The van der Waals surface area contributed by atoms with Gasteiger partial charge in [0.05, 0.1) is 13.2 Å². The minimum absolute atomic E-state index is 0.0870. The topological polar surface area (TPSA) is 34.2 Å². The Morgan fingerprint density at radius 1 is 0.690 bits per heavy atom. The van der Waals surface area contributed by atoms with E-state index in [-0.39, 0.29) is 12.5 Å². The zero-order chi connectivity index (χ0) is 20.9. The summed E-state index contributed by atoms with van der Waals surface area (Å²) in [6.45, 7) is 7.59. The van der Waals surface area contributed by atoms with E-state index in [9.17, 15) is 0 Å². The molecule has 3 rings (SSSR count). The Morgan fingerprint density at radius 2 is 1.10 bits per heavy atom. The van der Waals surface area contributed by atoms with Crippen LogP contribution in [-0.4, -0.2) is 62.7 Å². The molecule has 2 aliphatic rings. The average Bonchev–Trinajstić information content (AvgIpc) is 2.80. The van der Waals surface area contributed by atoms with Crippen LogP contribution in [0.2, 0.25) is 0 Å². The van der Waals surface area contributed by atoms with Crippen molar-refractivity contribution >= 4 is 0 Å². The normalized spacial score (nSPS) is 19.8. The van der Waals surface area contributed by atoms with Crippen molar-refractivity contribution in [1.29, 1.82) is 0 Å². The van der Waals surface area contributed by atoms with Gasteiger partial charge in [-0.3, -0.25) is 9.80 Å². The van der Waals surface area contributed by atoms with E-state index in [1.54, 1.807) is 0 Å². The van der Waals surface area contributed by atoms with Crippen molar-refractivity contribution in [3.63, 3.8) is 0 Å². The molecule has 0 saturated heterocycles. The molecule has 5 nitrogen and oxygen atoms in total. The quantitative estimate of drug-likeness (QED) is 0.354. The van der Waals surface area contributed by atoms with Crippen LogP contribution in [0.5, 0.6) is 11.5 Å². The van der Waals surface area contributed by atoms with E-state index in [0.29, 0.717) is 13.2 Å². The van der Waals surface area contributed by atoms with E-state index in [2.05, 4.69) is 37.7 Å². The Balaban J connectivity index is 1.96. The molecule has 0 fully saturated rings. The van der Waals surface area contributed by atoms with Gasteiger partial charge in [-0.1, -0.05) is 52.4 Å². The highest BCUT2D eigenvalue weighted by molar-refractivity contribution is 5.31. The molecule has 1 aromatic carbocycles. The summed E-state index contributed by atoms with van der Waals surface area (Å²) in [5.41, 5.74) is 0. The fraction of sp³-hybridized carbons (Fsp3) is 0.750. The molecule has 2 atom stereocenters. The lowest BCUT2D eigenvalue weighted by Crippen LogP contribution is -2.44. The summed E-state index contributed by atoms with van der Waals surface area (Å²) in [5, 5.41) is 0. The number of unbranched alkanes of at least 4 members (excludes halogenated alkanes) is 6. The maximum atomic E-state index is 6.24. The summed E-state index contributed by atoms with van der Waals surface area (Å²) in [5.74, 6) is 1.72. The summed E-state index contributed by atoms with van der Waals surface area (Å²) in [6.07, 6.45) is 9.84. The molecule has 0 aromatic heterocycles. The van der Waals surface area contributed by atoms with E-state index in [1.165, 1.54) is 51.4 Å². The van der Waals surface area contributed by atoms with Crippen LogP contribution in [0.3, 0.4) is 0 Å². The van der Waals surface area contributed by atoms with Crippen molar-refractivity contribution in [2.75, 3.05) is 40.4 Å². The van der Waals surface area contributed by atoms with Crippen LogP contribution in [0.1, 0.15) is 65.2 Å². The maximum Gasteiger partial charge on any atom is 0.175 e. The first kappa shape index (κ1) is 24.0. The van der Waals surface area contributed by atoms with Crippen molar-refractivity contribution in [3.05, 3.63) is 24.3 Å². The van der Waals surface area contributed by atoms with Gasteiger partial charge in [0.15, 0.2) is 12.5 Å². The second-order valence-corrected chi connectivity index (χ2v) is 8.24. The van der Waals surface area contributed by atoms with Gasteiger partial charge < -0.3 is 14.2 Å². The third-order valence-corrected chi connectivity index (χ3v) is 5.60. The molecule has 0 spiro atoms. The van der Waals surface area contributed by atoms with Gasteiger partial charge in [0, 0.05) is 13.1 Å². The molecule has 2 bridgehead atoms. The molecule has 2 aliphatic heterocycles. The van der Waals surface area contributed by atoms with Crippen molar-refractivity contribution in [2.45, 2.75) is 77.7 Å². The second kappa shape index (κ2) is 13.8. The molecule has 0 aliphatic carbocycles. The number of nitrogens with zero attached hydrogens (tertiary/aromatic N) is 2. The Hall–Kier alpha value is -1.30. The van der Waals surface area contributed by atoms with Gasteiger partial charge in [-0.15, -0.1) is 0 Å². The average molecular weight is 407 g/mol. The minimum atomic E-state index is -0.0870. The number of likely N-dealkylation sites (N-methyl/N-ethyl adjacent to an activating group) is 2. The fourth-order valence-corrected chi connectivity index (χ4v) is 3.55. The highest BCUT2D eigenvalue weighted by atomic mass is 16.6. The third-order valence-electron chi connectivity index (χ3n) is 5.60. The molecule has 29 heavy (non-hydrogen) atoms. The Morgan fingerprint density at radius 3 is 1.48 bits per heavy atom. The van der Waals surface area contributed by atoms with Gasteiger partial charge in [0.1, 0.15) is 11.5 Å². The lowest BCUT2D eigenvalue weighted by atomic mass is 10.2. The smallest absolute Gasteiger partial charge is 0.175 e. The second-order valence-electron chi connectivity index (χ2n) is 8.24. The molecule has 1 aromatic rings. The Kier molecular flexibility index (Phi) is 11.4. The molecule has 0 radical (unpaired) electrons. The van der Waals surface area contributed by atoms with Gasteiger partial charge in [-0.25, -0.2) is 0 Å². The highest BCUT2D eigenvalue weighted by Crippen LogP contribution is 2.22. The van der Waals surface area contributed by atoms with Crippen molar-refractivity contribution in [2.24, 2.45) is 0 Å². The molecule has 0 amide bonds. The molecular formula is C24H42N2O3. The zero-order valence-electron chi connectivity index (χ0n) is 19.1.